The van der Waals surface area contributed by atoms with Crippen LogP contribution in [0, 0.1) is 5.82 Å². The molecule has 0 bridgehead atoms. The zero-order valence-electron chi connectivity index (χ0n) is 21.0. The largest absolute Gasteiger partial charge is 0.427 e. The summed E-state index contributed by atoms with van der Waals surface area (Å²) in [5, 5.41) is 5.17. The molecule has 10 nitrogen and oxygen atoms in total. The van der Waals surface area contributed by atoms with E-state index in [1.165, 1.54) is 19.2 Å². The average Bonchev–Trinajstić information content (AvgIpc) is 3.40. The fourth-order valence-electron chi connectivity index (χ4n) is 5.35. The van der Waals surface area contributed by atoms with Crippen LogP contribution in [0.15, 0.2) is 42.5 Å². The molecule has 0 radical (unpaired) electrons. The normalized spacial score (nSPS) is 20.8. The molecule has 2 aromatic carbocycles. The third kappa shape index (κ3) is 4.81. The molecule has 1 aliphatic carbocycles. The SMILES string of the molecule is CNC(=O)Nc1ccc2c(c1)CC[C@@]21OC(=O)N(CC(=O)N(Cc2ccc(F)cc2)C2CCOCC2)C1=O. The maximum atomic E-state index is 13.6. The van der Waals surface area contributed by atoms with E-state index < -0.39 is 30.1 Å². The maximum Gasteiger partial charge on any atom is 0.418 e. The van der Waals surface area contributed by atoms with Crippen LogP contribution in [-0.4, -0.2) is 66.6 Å². The molecule has 5 amide bonds. The van der Waals surface area contributed by atoms with Gasteiger partial charge in [-0.1, -0.05) is 18.2 Å². The molecule has 2 heterocycles. The Kier molecular flexibility index (Phi) is 7.02. The van der Waals surface area contributed by atoms with Crippen molar-refractivity contribution in [2.24, 2.45) is 0 Å². The second-order valence-electron chi connectivity index (χ2n) is 9.65. The lowest BCUT2D eigenvalue weighted by Crippen LogP contribution is -2.49. The Bertz CT molecular complexity index is 1260. The highest BCUT2D eigenvalue weighted by molar-refractivity contribution is 6.06. The Morgan fingerprint density at radius 3 is 2.58 bits per heavy atom. The van der Waals surface area contributed by atoms with Crippen molar-refractivity contribution in [2.75, 3.05) is 32.1 Å². The van der Waals surface area contributed by atoms with Crippen molar-refractivity contribution in [1.82, 2.24) is 15.1 Å². The summed E-state index contributed by atoms with van der Waals surface area (Å²) in [6.45, 7) is 0.762. The number of carbonyl (C=O) groups is 4. The van der Waals surface area contributed by atoms with Crippen LogP contribution in [0.5, 0.6) is 0 Å². The van der Waals surface area contributed by atoms with Gasteiger partial charge in [0.2, 0.25) is 11.5 Å². The zero-order valence-corrected chi connectivity index (χ0v) is 21.0. The first kappa shape index (κ1) is 25.7. The number of urea groups is 1. The number of halogens is 1. The fourth-order valence-corrected chi connectivity index (χ4v) is 5.35. The van der Waals surface area contributed by atoms with Crippen LogP contribution in [0.4, 0.5) is 19.7 Å². The number of anilines is 1. The fraction of sp³-hybridized carbons (Fsp3) is 0.407. The van der Waals surface area contributed by atoms with Gasteiger partial charge in [-0.3, -0.25) is 9.59 Å². The Morgan fingerprint density at radius 1 is 1.13 bits per heavy atom. The smallest absolute Gasteiger partial charge is 0.418 e. The third-order valence-electron chi connectivity index (χ3n) is 7.36. The third-order valence-corrected chi connectivity index (χ3v) is 7.36. The van der Waals surface area contributed by atoms with Crippen LogP contribution in [0.3, 0.4) is 0 Å². The second-order valence-corrected chi connectivity index (χ2v) is 9.65. The van der Waals surface area contributed by atoms with Crippen molar-refractivity contribution in [2.45, 2.75) is 43.9 Å². The topological polar surface area (TPSA) is 117 Å². The Morgan fingerprint density at radius 2 is 1.87 bits per heavy atom. The molecular weight excluding hydrogens is 495 g/mol. The van der Waals surface area contributed by atoms with E-state index in [0.29, 0.717) is 43.7 Å². The van der Waals surface area contributed by atoms with Gasteiger partial charge < -0.3 is 25.0 Å². The number of hydrogen-bond acceptors (Lipinski definition) is 6. The van der Waals surface area contributed by atoms with Crippen LogP contribution >= 0.6 is 0 Å². The van der Waals surface area contributed by atoms with Gasteiger partial charge in [0.25, 0.3) is 5.91 Å². The van der Waals surface area contributed by atoms with Gasteiger partial charge in [0.1, 0.15) is 12.4 Å². The number of aryl methyl sites for hydroxylation is 1. The number of rotatable bonds is 6. The Hall–Kier alpha value is -3.99. The molecule has 2 saturated heterocycles. The number of carbonyl (C=O) groups excluding carboxylic acids is 4. The second kappa shape index (κ2) is 10.4. The lowest BCUT2D eigenvalue weighted by molar-refractivity contribution is -0.144. The number of fused-ring (bicyclic) bond motifs is 2. The molecule has 2 N–H and O–H groups in total. The lowest BCUT2D eigenvalue weighted by Gasteiger charge is -2.35. The minimum Gasteiger partial charge on any atom is -0.427 e. The average molecular weight is 525 g/mol. The van der Waals surface area contributed by atoms with Crippen molar-refractivity contribution >= 4 is 29.6 Å². The van der Waals surface area contributed by atoms with Crippen LogP contribution in [0.2, 0.25) is 0 Å². The summed E-state index contributed by atoms with van der Waals surface area (Å²) in [6, 6.07) is 10.5. The molecule has 2 fully saturated rings. The van der Waals surface area contributed by atoms with Crippen LogP contribution in [0.1, 0.15) is 36.0 Å². The van der Waals surface area contributed by atoms with Gasteiger partial charge in [-0.25, -0.2) is 18.9 Å². The van der Waals surface area contributed by atoms with Gasteiger partial charge in [-0.05, 0) is 54.7 Å². The Labute approximate surface area is 219 Å². The van der Waals surface area contributed by atoms with E-state index in [1.54, 1.807) is 35.2 Å². The lowest BCUT2D eigenvalue weighted by atomic mass is 9.94. The van der Waals surface area contributed by atoms with Crippen LogP contribution in [-0.2, 0) is 37.6 Å². The van der Waals surface area contributed by atoms with Gasteiger partial charge in [-0.2, -0.15) is 0 Å². The van der Waals surface area contributed by atoms with E-state index >= 15 is 0 Å². The van der Waals surface area contributed by atoms with Gasteiger partial charge in [0.15, 0.2) is 0 Å². The van der Waals surface area contributed by atoms with Crippen molar-refractivity contribution in [3.05, 3.63) is 65.0 Å². The first-order valence-electron chi connectivity index (χ1n) is 12.6. The summed E-state index contributed by atoms with van der Waals surface area (Å²) in [6.07, 6.45) is 1.10. The minimum absolute atomic E-state index is 0.137. The van der Waals surface area contributed by atoms with Gasteiger partial charge >= 0.3 is 12.1 Å². The minimum atomic E-state index is -1.49. The number of benzene rings is 2. The maximum absolute atomic E-state index is 13.6. The number of ether oxygens (including phenoxy) is 2. The number of amides is 5. The van der Waals surface area contributed by atoms with Crippen LogP contribution in [0.25, 0.3) is 0 Å². The summed E-state index contributed by atoms with van der Waals surface area (Å²) in [7, 11) is 1.51. The first-order chi connectivity index (χ1) is 18.3. The number of nitrogens with zero attached hydrogens (tertiary/aromatic N) is 2. The summed E-state index contributed by atoms with van der Waals surface area (Å²) < 4.78 is 24.5. The van der Waals surface area contributed by atoms with Crippen molar-refractivity contribution in [3.63, 3.8) is 0 Å². The molecule has 3 aliphatic rings. The molecule has 38 heavy (non-hydrogen) atoms. The van der Waals surface area contributed by atoms with Crippen molar-refractivity contribution in [3.8, 4) is 0 Å². The van der Waals surface area contributed by atoms with E-state index in [4.69, 9.17) is 9.47 Å². The highest BCUT2D eigenvalue weighted by Gasteiger charge is 2.58. The summed E-state index contributed by atoms with van der Waals surface area (Å²) in [5.41, 5.74) is 1.15. The summed E-state index contributed by atoms with van der Waals surface area (Å²) >= 11 is 0. The van der Waals surface area contributed by atoms with E-state index in [0.717, 1.165) is 16.0 Å². The molecule has 0 unspecified atom stereocenters. The van der Waals surface area contributed by atoms with E-state index in [-0.39, 0.29) is 30.9 Å². The molecular formula is C27H29FN4O6. The number of hydrogen-bond donors (Lipinski definition) is 2. The van der Waals surface area contributed by atoms with E-state index in [2.05, 4.69) is 10.6 Å². The molecule has 0 saturated carbocycles. The van der Waals surface area contributed by atoms with E-state index in [9.17, 15) is 23.6 Å². The van der Waals surface area contributed by atoms with Crippen molar-refractivity contribution in [1.29, 1.82) is 0 Å². The van der Waals surface area contributed by atoms with E-state index in [1.807, 2.05) is 0 Å². The van der Waals surface area contributed by atoms with Gasteiger partial charge in [-0.15, -0.1) is 0 Å². The molecule has 2 aromatic rings. The molecule has 5 rings (SSSR count). The van der Waals surface area contributed by atoms with Gasteiger partial charge in [0, 0.05) is 50.5 Å². The standard InChI is InChI=1S/C27H29FN4O6/c1-29-25(35)30-20-6-7-22-18(14-20)8-11-27(22)24(34)32(26(36)38-27)16-23(33)31(21-9-12-37-13-10-21)15-17-2-4-19(28)5-3-17/h2-7,14,21H,8-13,15-16H2,1H3,(H2,29,30,35)/t27-/m1/s1. The van der Waals surface area contributed by atoms with Crippen LogP contribution < -0.4 is 10.6 Å². The predicted molar refractivity (Wildman–Crippen MR) is 134 cm³/mol. The quantitative estimate of drug-likeness (QED) is 0.600. The summed E-state index contributed by atoms with van der Waals surface area (Å²) in [4.78, 5) is 54.3. The molecule has 11 heteroatoms. The summed E-state index contributed by atoms with van der Waals surface area (Å²) in [5.74, 6) is -1.34. The molecule has 0 aromatic heterocycles. The molecule has 2 aliphatic heterocycles. The number of nitrogens with one attached hydrogen (secondary N) is 2. The highest BCUT2D eigenvalue weighted by Crippen LogP contribution is 2.46. The van der Waals surface area contributed by atoms with Crippen molar-refractivity contribution < 1.29 is 33.0 Å². The first-order valence-corrected chi connectivity index (χ1v) is 12.6. The monoisotopic (exact) mass is 524 g/mol. The molecule has 200 valence electrons. The highest BCUT2D eigenvalue weighted by atomic mass is 19.1. The number of imide groups is 1. The molecule has 1 spiro atoms. The Balaban J connectivity index is 1.35. The predicted octanol–water partition coefficient (Wildman–Crippen LogP) is 2.91. The van der Waals surface area contributed by atoms with Gasteiger partial charge in [0.05, 0.1) is 0 Å². The molecule has 1 atom stereocenters. The zero-order chi connectivity index (χ0) is 26.9.